The van der Waals surface area contributed by atoms with Crippen LogP contribution in [0.2, 0.25) is 0 Å². The number of hydrogen-bond acceptors (Lipinski definition) is 8. The molecule has 2 aromatic carbocycles. The molecule has 2 heterocycles. The first-order valence-corrected chi connectivity index (χ1v) is 11.6. The van der Waals surface area contributed by atoms with Gasteiger partial charge in [0.25, 0.3) is 0 Å². The molecule has 0 aliphatic carbocycles. The summed E-state index contributed by atoms with van der Waals surface area (Å²) in [7, 11) is 0. The second-order valence-corrected chi connectivity index (χ2v) is 7.95. The van der Waals surface area contributed by atoms with Gasteiger partial charge in [-0.3, -0.25) is 9.69 Å². The maximum Gasteiger partial charge on any atom is 0.363 e. The zero-order chi connectivity index (χ0) is 24.1. The molecule has 0 saturated heterocycles. The Morgan fingerprint density at radius 1 is 1.09 bits per heavy atom. The first-order valence-electron chi connectivity index (χ1n) is 10.7. The topological polar surface area (TPSA) is 90.3 Å². The first kappa shape index (κ1) is 23.2. The number of rotatable bonds is 8. The van der Waals surface area contributed by atoms with Crippen LogP contribution in [0, 0.1) is 0 Å². The molecule has 0 N–H and O–H groups in total. The van der Waals surface area contributed by atoms with Crippen molar-refractivity contribution < 1.29 is 23.8 Å². The molecule has 1 aliphatic rings. The van der Waals surface area contributed by atoms with Crippen molar-refractivity contribution in [3.05, 3.63) is 70.9 Å². The van der Waals surface area contributed by atoms with Crippen LogP contribution in [0.3, 0.4) is 0 Å². The summed E-state index contributed by atoms with van der Waals surface area (Å²) in [6.45, 7) is 6.22. The highest BCUT2D eigenvalue weighted by Crippen LogP contribution is 2.32. The fourth-order valence-electron chi connectivity index (χ4n) is 3.31. The number of ether oxygens (including phenoxy) is 3. The number of benzene rings is 2. The van der Waals surface area contributed by atoms with E-state index < -0.39 is 5.97 Å². The largest absolute Gasteiger partial charge is 0.490 e. The Balaban J connectivity index is 1.61. The van der Waals surface area contributed by atoms with Gasteiger partial charge in [-0.05, 0) is 50.3 Å². The zero-order valence-corrected chi connectivity index (χ0v) is 19.8. The second kappa shape index (κ2) is 10.3. The number of cyclic esters (lactones) is 1. The molecule has 0 bridgehead atoms. The Kier molecular flexibility index (Phi) is 7.03. The third-order valence-electron chi connectivity index (χ3n) is 4.73. The van der Waals surface area contributed by atoms with E-state index in [4.69, 9.17) is 14.2 Å². The molecule has 8 nitrogen and oxygen atoms in total. The maximum atomic E-state index is 12.5. The van der Waals surface area contributed by atoms with Crippen molar-refractivity contribution in [3.63, 3.8) is 0 Å². The van der Waals surface area contributed by atoms with E-state index in [1.807, 2.05) is 44.2 Å². The molecule has 0 radical (unpaired) electrons. The molecule has 0 saturated carbocycles. The Morgan fingerprint density at radius 2 is 1.82 bits per heavy atom. The summed E-state index contributed by atoms with van der Waals surface area (Å²) in [6.07, 6.45) is 1.54. The summed E-state index contributed by atoms with van der Waals surface area (Å²) in [5, 5.41) is 2.25. The van der Waals surface area contributed by atoms with Crippen LogP contribution in [0.15, 0.2) is 64.6 Å². The number of thiazole rings is 1. The van der Waals surface area contributed by atoms with E-state index in [0.29, 0.717) is 46.8 Å². The molecular weight excluding hydrogens is 454 g/mol. The molecule has 0 spiro atoms. The van der Waals surface area contributed by atoms with Crippen molar-refractivity contribution in [1.82, 2.24) is 4.98 Å². The number of carbonyl (C=O) groups excluding carboxylic acids is 2. The Hall–Kier alpha value is -3.98. The van der Waals surface area contributed by atoms with Gasteiger partial charge in [-0.15, -0.1) is 11.3 Å². The molecule has 1 aromatic heterocycles. The van der Waals surface area contributed by atoms with Crippen molar-refractivity contribution in [1.29, 1.82) is 0 Å². The highest BCUT2D eigenvalue weighted by Gasteiger charge is 2.26. The average Bonchev–Trinajstić information content (AvgIpc) is 3.43. The van der Waals surface area contributed by atoms with E-state index in [2.05, 4.69) is 9.98 Å². The van der Waals surface area contributed by atoms with Gasteiger partial charge in [0.2, 0.25) is 11.8 Å². The summed E-state index contributed by atoms with van der Waals surface area (Å²) in [5.74, 6) is 0.582. The molecule has 9 heteroatoms. The lowest BCUT2D eigenvalue weighted by Gasteiger charge is -2.17. The number of nitrogens with zero attached hydrogens (tertiary/aromatic N) is 3. The number of aliphatic imine (C=N–C) groups is 1. The fraction of sp³-hybridized carbons (Fsp3) is 0.200. The van der Waals surface area contributed by atoms with Gasteiger partial charge in [-0.2, -0.15) is 0 Å². The zero-order valence-electron chi connectivity index (χ0n) is 19.0. The van der Waals surface area contributed by atoms with Crippen LogP contribution in [0.25, 0.3) is 6.08 Å². The highest BCUT2D eigenvalue weighted by atomic mass is 32.1. The van der Waals surface area contributed by atoms with Crippen molar-refractivity contribution in [3.8, 4) is 11.5 Å². The summed E-state index contributed by atoms with van der Waals surface area (Å²) in [4.78, 5) is 35.1. The van der Waals surface area contributed by atoms with E-state index >= 15 is 0 Å². The molecule has 0 fully saturated rings. The molecule has 3 aromatic rings. The van der Waals surface area contributed by atoms with Crippen molar-refractivity contribution >= 4 is 46.0 Å². The Bertz CT molecular complexity index is 1270. The molecule has 4 rings (SSSR count). The molecular formula is C25H23N3O5S. The molecule has 0 unspecified atom stereocenters. The monoisotopic (exact) mass is 477 g/mol. The highest BCUT2D eigenvalue weighted by molar-refractivity contribution is 7.14. The number of esters is 1. The first-order chi connectivity index (χ1) is 16.5. The predicted molar refractivity (Wildman–Crippen MR) is 131 cm³/mol. The number of anilines is 2. The smallest absolute Gasteiger partial charge is 0.363 e. The van der Waals surface area contributed by atoms with Gasteiger partial charge in [0.05, 0.1) is 24.6 Å². The number of para-hydroxylation sites is 1. The normalized spacial score (nSPS) is 14.0. The lowest BCUT2D eigenvalue weighted by atomic mass is 10.2. The lowest BCUT2D eigenvalue weighted by Crippen LogP contribution is -2.22. The van der Waals surface area contributed by atoms with Crippen molar-refractivity contribution in [2.75, 3.05) is 18.1 Å². The van der Waals surface area contributed by atoms with Crippen LogP contribution in [0.5, 0.6) is 11.5 Å². The molecule has 34 heavy (non-hydrogen) atoms. The fourth-order valence-corrected chi connectivity index (χ4v) is 4.15. The van der Waals surface area contributed by atoms with Gasteiger partial charge in [-0.1, -0.05) is 18.2 Å². The van der Waals surface area contributed by atoms with E-state index in [0.717, 1.165) is 0 Å². The second-order valence-electron chi connectivity index (χ2n) is 7.11. The van der Waals surface area contributed by atoms with Gasteiger partial charge < -0.3 is 14.2 Å². The van der Waals surface area contributed by atoms with Gasteiger partial charge in [0.15, 0.2) is 22.3 Å². The van der Waals surface area contributed by atoms with Gasteiger partial charge in [0, 0.05) is 17.9 Å². The van der Waals surface area contributed by atoms with Gasteiger partial charge in [-0.25, -0.2) is 14.8 Å². The minimum absolute atomic E-state index is 0.118. The summed E-state index contributed by atoms with van der Waals surface area (Å²) in [5.41, 5.74) is 1.92. The maximum absolute atomic E-state index is 12.5. The summed E-state index contributed by atoms with van der Waals surface area (Å²) >= 11 is 1.29. The van der Waals surface area contributed by atoms with E-state index in [1.54, 1.807) is 23.6 Å². The van der Waals surface area contributed by atoms with Crippen LogP contribution in [0.1, 0.15) is 32.0 Å². The summed E-state index contributed by atoms with van der Waals surface area (Å²) < 4.78 is 16.6. The minimum Gasteiger partial charge on any atom is -0.490 e. The molecule has 0 atom stereocenters. The minimum atomic E-state index is -0.581. The van der Waals surface area contributed by atoms with Crippen LogP contribution < -0.4 is 14.4 Å². The van der Waals surface area contributed by atoms with Crippen LogP contribution in [-0.4, -0.2) is 36.0 Å². The molecule has 1 amide bonds. The summed E-state index contributed by atoms with van der Waals surface area (Å²) in [6, 6.07) is 14.5. The van der Waals surface area contributed by atoms with E-state index in [1.165, 1.54) is 29.2 Å². The quantitative estimate of drug-likeness (QED) is 0.336. The van der Waals surface area contributed by atoms with Crippen LogP contribution >= 0.6 is 11.3 Å². The SMILES string of the molecule is CCOc1ccc(C2=NC(=Cc3csc(N(C(C)=O)c4ccccc4)n3)C(=O)O2)cc1OCC. The lowest BCUT2D eigenvalue weighted by molar-refractivity contribution is -0.130. The van der Waals surface area contributed by atoms with E-state index in [9.17, 15) is 9.59 Å². The Morgan fingerprint density at radius 3 is 2.53 bits per heavy atom. The van der Waals surface area contributed by atoms with Crippen molar-refractivity contribution in [2.45, 2.75) is 20.8 Å². The average molecular weight is 478 g/mol. The van der Waals surface area contributed by atoms with E-state index in [-0.39, 0.29) is 17.5 Å². The van der Waals surface area contributed by atoms with Gasteiger partial charge in [0.1, 0.15) is 0 Å². The standard InChI is InChI=1S/C25H23N3O5S/c1-4-31-21-12-11-17(13-22(21)32-5-2)23-27-20(24(30)33-23)14-18-15-34-25(26-18)28(16(3)29)19-9-7-6-8-10-19/h6-15H,4-5H2,1-3H3. The third-order valence-corrected chi connectivity index (χ3v) is 5.57. The van der Waals surface area contributed by atoms with Crippen molar-refractivity contribution in [2.24, 2.45) is 4.99 Å². The van der Waals surface area contributed by atoms with Crippen LogP contribution in [-0.2, 0) is 14.3 Å². The number of amides is 1. The third kappa shape index (κ3) is 4.99. The van der Waals surface area contributed by atoms with Gasteiger partial charge >= 0.3 is 5.97 Å². The predicted octanol–water partition coefficient (Wildman–Crippen LogP) is 4.97. The number of aromatic nitrogens is 1. The Labute approximate surface area is 201 Å². The number of carbonyl (C=O) groups is 2. The van der Waals surface area contributed by atoms with Crippen LogP contribution in [0.4, 0.5) is 10.8 Å². The molecule has 1 aliphatic heterocycles. The molecule has 174 valence electrons. The number of hydrogen-bond donors (Lipinski definition) is 0.